The highest BCUT2D eigenvalue weighted by molar-refractivity contribution is 7.71. The number of hydrogen-bond donors (Lipinski definition) is 2. The molecule has 0 saturated heterocycles. The number of nitrogens with one attached hydrogen (secondary N) is 2. The van der Waals surface area contributed by atoms with Gasteiger partial charge in [0, 0.05) is 5.92 Å². The van der Waals surface area contributed by atoms with Crippen molar-refractivity contribution >= 4 is 18.1 Å². The first-order valence-corrected chi connectivity index (χ1v) is 7.18. The standard InChI is InChI=1S/C14H16N4O2S/c1-20-11-6-2-9(3-7-11)8-12(19)17-18-13(10-4-5-10)15-16-14(18)21/h2-3,6-7,10H,4-5,8H2,1H3,(H,16,21)(H,17,19). The van der Waals surface area contributed by atoms with E-state index in [1.807, 2.05) is 24.3 Å². The van der Waals surface area contributed by atoms with Gasteiger partial charge in [-0.1, -0.05) is 12.1 Å². The third kappa shape index (κ3) is 3.13. The molecule has 2 N–H and O–H groups in total. The van der Waals surface area contributed by atoms with Crippen molar-refractivity contribution in [2.24, 2.45) is 0 Å². The van der Waals surface area contributed by atoms with Crippen molar-refractivity contribution in [1.29, 1.82) is 0 Å². The summed E-state index contributed by atoms with van der Waals surface area (Å²) in [6.45, 7) is 0. The topological polar surface area (TPSA) is 71.9 Å². The van der Waals surface area contributed by atoms with E-state index in [4.69, 9.17) is 17.0 Å². The molecule has 1 heterocycles. The predicted octanol–water partition coefficient (Wildman–Crippen LogP) is 2.14. The molecule has 0 aliphatic heterocycles. The molecule has 1 saturated carbocycles. The van der Waals surface area contributed by atoms with Gasteiger partial charge in [-0.15, -0.1) is 0 Å². The number of hydrogen-bond acceptors (Lipinski definition) is 4. The molecule has 7 heteroatoms. The summed E-state index contributed by atoms with van der Waals surface area (Å²) in [4.78, 5) is 12.1. The minimum Gasteiger partial charge on any atom is -0.497 e. The number of benzene rings is 1. The van der Waals surface area contributed by atoms with Crippen LogP contribution in [0.5, 0.6) is 5.75 Å². The summed E-state index contributed by atoms with van der Waals surface area (Å²) in [5.74, 6) is 1.86. The van der Waals surface area contributed by atoms with E-state index in [0.717, 1.165) is 30.0 Å². The largest absolute Gasteiger partial charge is 0.497 e. The molecular formula is C14H16N4O2S. The van der Waals surface area contributed by atoms with E-state index < -0.39 is 0 Å². The second kappa shape index (κ2) is 5.69. The molecule has 1 aliphatic rings. The number of methoxy groups -OCH3 is 1. The number of amides is 1. The molecule has 110 valence electrons. The Balaban J connectivity index is 1.68. The zero-order valence-electron chi connectivity index (χ0n) is 11.6. The maximum Gasteiger partial charge on any atom is 0.243 e. The number of rotatable bonds is 5. The SMILES string of the molecule is COc1ccc(CC(=O)Nn2c(C3CC3)n[nH]c2=S)cc1. The molecule has 3 rings (SSSR count). The lowest BCUT2D eigenvalue weighted by Crippen LogP contribution is -2.26. The first-order valence-electron chi connectivity index (χ1n) is 6.77. The Bertz CT molecular complexity index is 701. The van der Waals surface area contributed by atoms with Gasteiger partial charge in [0.05, 0.1) is 13.5 Å². The van der Waals surface area contributed by atoms with Gasteiger partial charge in [0.15, 0.2) is 5.82 Å². The highest BCUT2D eigenvalue weighted by atomic mass is 32.1. The summed E-state index contributed by atoms with van der Waals surface area (Å²) in [5, 5.41) is 6.90. The van der Waals surface area contributed by atoms with Crippen molar-refractivity contribution in [2.45, 2.75) is 25.2 Å². The van der Waals surface area contributed by atoms with E-state index in [1.54, 1.807) is 11.8 Å². The van der Waals surface area contributed by atoms with Crippen molar-refractivity contribution in [3.63, 3.8) is 0 Å². The second-order valence-electron chi connectivity index (χ2n) is 5.06. The minimum atomic E-state index is -0.125. The van der Waals surface area contributed by atoms with Crippen molar-refractivity contribution in [3.05, 3.63) is 40.4 Å². The van der Waals surface area contributed by atoms with Crippen molar-refractivity contribution in [2.75, 3.05) is 12.5 Å². The number of nitrogens with zero attached hydrogens (tertiary/aromatic N) is 2. The van der Waals surface area contributed by atoms with Crippen molar-refractivity contribution < 1.29 is 9.53 Å². The smallest absolute Gasteiger partial charge is 0.243 e. The molecule has 2 aromatic rings. The third-order valence-electron chi connectivity index (χ3n) is 3.40. The average molecular weight is 304 g/mol. The fourth-order valence-corrected chi connectivity index (χ4v) is 2.31. The second-order valence-corrected chi connectivity index (χ2v) is 5.44. The van der Waals surface area contributed by atoms with E-state index in [0.29, 0.717) is 10.7 Å². The molecule has 1 aliphatic carbocycles. The summed E-state index contributed by atoms with van der Waals surface area (Å²) in [6, 6.07) is 7.41. The summed E-state index contributed by atoms with van der Waals surface area (Å²) in [5.41, 5.74) is 3.72. The highest BCUT2D eigenvalue weighted by Crippen LogP contribution is 2.38. The first kappa shape index (κ1) is 13.8. The van der Waals surface area contributed by atoms with Crippen LogP contribution in [0.25, 0.3) is 0 Å². The predicted molar refractivity (Wildman–Crippen MR) is 80.5 cm³/mol. The van der Waals surface area contributed by atoms with E-state index in [1.165, 1.54) is 0 Å². The van der Waals surface area contributed by atoms with Crippen molar-refractivity contribution in [3.8, 4) is 5.75 Å². The fraction of sp³-hybridized carbons (Fsp3) is 0.357. The minimum absolute atomic E-state index is 0.125. The molecule has 1 aromatic carbocycles. The highest BCUT2D eigenvalue weighted by Gasteiger charge is 2.29. The maximum atomic E-state index is 12.1. The normalized spacial score (nSPS) is 14.0. The summed E-state index contributed by atoms with van der Waals surface area (Å²) in [6.07, 6.45) is 2.46. The average Bonchev–Trinajstić information content (AvgIpc) is 3.26. The fourth-order valence-electron chi connectivity index (χ4n) is 2.13. The monoisotopic (exact) mass is 304 g/mol. The Labute approximate surface area is 127 Å². The molecule has 0 atom stereocenters. The van der Waals surface area contributed by atoms with Gasteiger partial charge in [0.1, 0.15) is 5.75 Å². The number of carbonyl (C=O) groups excluding carboxylic acids is 1. The molecule has 6 nitrogen and oxygen atoms in total. The molecule has 0 unspecified atom stereocenters. The molecule has 1 amide bonds. The van der Waals surface area contributed by atoms with Crippen LogP contribution in [0.15, 0.2) is 24.3 Å². The molecule has 0 radical (unpaired) electrons. The molecule has 1 fully saturated rings. The van der Waals surface area contributed by atoms with E-state index in [2.05, 4.69) is 15.6 Å². The zero-order valence-corrected chi connectivity index (χ0v) is 12.4. The molecule has 0 bridgehead atoms. The molecule has 0 spiro atoms. The Kier molecular flexibility index (Phi) is 3.74. The van der Waals surface area contributed by atoms with Crippen LogP contribution in [0.3, 0.4) is 0 Å². The number of ether oxygens (including phenoxy) is 1. The summed E-state index contributed by atoms with van der Waals surface area (Å²) in [7, 11) is 1.61. The van der Waals surface area contributed by atoms with Crippen LogP contribution < -0.4 is 10.2 Å². The maximum absolute atomic E-state index is 12.1. The number of carbonyl (C=O) groups is 1. The lowest BCUT2D eigenvalue weighted by Gasteiger charge is -2.08. The number of aromatic nitrogens is 3. The van der Waals surface area contributed by atoms with Gasteiger partial charge in [-0.05, 0) is 42.8 Å². The van der Waals surface area contributed by atoms with Crippen LogP contribution in [0, 0.1) is 4.77 Å². The first-order chi connectivity index (χ1) is 10.2. The Morgan fingerprint density at radius 1 is 1.48 bits per heavy atom. The van der Waals surface area contributed by atoms with Crippen LogP contribution in [-0.4, -0.2) is 27.9 Å². The quantitative estimate of drug-likeness (QED) is 0.830. The summed E-state index contributed by atoms with van der Waals surface area (Å²) >= 11 is 5.15. The number of aromatic amines is 1. The molecule has 21 heavy (non-hydrogen) atoms. The van der Waals surface area contributed by atoms with Gasteiger partial charge < -0.3 is 4.74 Å². The van der Waals surface area contributed by atoms with Gasteiger partial charge in [-0.25, -0.2) is 4.68 Å². The lowest BCUT2D eigenvalue weighted by atomic mass is 10.1. The summed E-state index contributed by atoms with van der Waals surface area (Å²) < 4.78 is 7.09. The third-order valence-corrected chi connectivity index (χ3v) is 3.67. The Morgan fingerprint density at radius 3 is 2.81 bits per heavy atom. The molecular weight excluding hydrogens is 288 g/mol. The van der Waals surface area contributed by atoms with E-state index in [-0.39, 0.29) is 12.3 Å². The van der Waals surface area contributed by atoms with Gasteiger partial charge in [0.25, 0.3) is 0 Å². The van der Waals surface area contributed by atoms with Gasteiger partial charge in [0.2, 0.25) is 10.7 Å². The van der Waals surface area contributed by atoms with E-state index >= 15 is 0 Å². The van der Waals surface area contributed by atoms with Gasteiger partial charge in [-0.3, -0.25) is 15.3 Å². The van der Waals surface area contributed by atoms with Gasteiger partial charge in [-0.2, -0.15) is 5.10 Å². The lowest BCUT2D eigenvalue weighted by molar-refractivity contribution is -0.116. The Hall–Kier alpha value is -2.15. The van der Waals surface area contributed by atoms with Gasteiger partial charge >= 0.3 is 0 Å². The van der Waals surface area contributed by atoms with Crippen LogP contribution in [0.1, 0.15) is 30.1 Å². The van der Waals surface area contributed by atoms with Crippen LogP contribution >= 0.6 is 12.2 Å². The van der Waals surface area contributed by atoms with Crippen LogP contribution in [-0.2, 0) is 11.2 Å². The number of H-pyrrole nitrogens is 1. The van der Waals surface area contributed by atoms with Crippen molar-refractivity contribution in [1.82, 2.24) is 14.9 Å². The van der Waals surface area contributed by atoms with E-state index in [9.17, 15) is 4.79 Å². The Morgan fingerprint density at radius 2 is 2.19 bits per heavy atom. The van der Waals surface area contributed by atoms with Crippen LogP contribution in [0.4, 0.5) is 0 Å². The zero-order chi connectivity index (χ0) is 14.8. The molecule has 1 aromatic heterocycles. The van der Waals surface area contributed by atoms with Crippen LogP contribution in [0.2, 0.25) is 0 Å².